The summed E-state index contributed by atoms with van der Waals surface area (Å²) in [6.07, 6.45) is 1.63. The maximum Gasteiger partial charge on any atom is 0.228 e. The van der Waals surface area contributed by atoms with Crippen molar-refractivity contribution < 1.29 is 9.53 Å². The molecule has 2 rings (SSSR count). The average Bonchev–Trinajstić information content (AvgIpc) is 2.54. The summed E-state index contributed by atoms with van der Waals surface area (Å²) in [7, 11) is 1.66. The van der Waals surface area contributed by atoms with Gasteiger partial charge in [0.25, 0.3) is 0 Å². The minimum absolute atomic E-state index is 0. The lowest BCUT2D eigenvalue weighted by atomic mass is 9.78. The van der Waals surface area contributed by atoms with Crippen molar-refractivity contribution in [3.8, 4) is 0 Å². The number of carbonyl (C=O) groups is 1. The molecule has 1 aliphatic rings. The largest absolute Gasteiger partial charge is 0.384 e. The molecule has 1 heterocycles. The van der Waals surface area contributed by atoms with Gasteiger partial charge in [-0.2, -0.15) is 0 Å². The molecule has 1 saturated heterocycles. The second-order valence-corrected chi connectivity index (χ2v) is 7.47. The van der Waals surface area contributed by atoms with Crippen molar-refractivity contribution in [1.82, 2.24) is 10.6 Å². The highest BCUT2D eigenvalue weighted by Gasteiger charge is 2.40. The predicted octanol–water partition coefficient (Wildman–Crippen LogP) is 3.17. The number of amides is 1. The van der Waals surface area contributed by atoms with E-state index in [1.54, 1.807) is 7.11 Å². The van der Waals surface area contributed by atoms with Crippen molar-refractivity contribution in [3.63, 3.8) is 0 Å². The lowest BCUT2D eigenvalue weighted by Gasteiger charge is -2.37. The molecule has 1 aromatic rings. The van der Waals surface area contributed by atoms with E-state index in [1.165, 1.54) is 0 Å². The quantitative estimate of drug-likeness (QED) is 0.803. The average molecular weight is 375 g/mol. The Balaban J connectivity index is 0.00000288. The van der Waals surface area contributed by atoms with Crippen molar-refractivity contribution >= 4 is 29.9 Å². The van der Waals surface area contributed by atoms with Crippen LogP contribution < -0.4 is 10.6 Å². The Morgan fingerprint density at radius 3 is 2.42 bits per heavy atom. The number of piperidine rings is 1. The van der Waals surface area contributed by atoms with Crippen LogP contribution in [0.15, 0.2) is 24.3 Å². The van der Waals surface area contributed by atoms with E-state index in [4.69, 9.17) is 16.3 Å². The van der Waals surface area contributed by atoms with E-state index in [0.717, 1.165) is 36.5 Å². The molecule has 0 bridgehead atoms. The van der Waals surface area contributed by atoms with E-state index >= 15 is 0 Å². The topological polar surface area (TPSA) is 50.4 Å². The minimum Gasteiger partial charge on any atom is -0.384 e. The first-order chi connectivity index (χ1) is 10.9. The van der Waals surface area contributed by atoms with Crippen LogP contribution in [0.2, 0.25) is 5.02 Å². The molecule has 2 N–H and O–H groups in total. The first-order valence-electron chi connectivity index (χ1n) is 8.14. The van der Waals surface area contributed by atoms with Crippen molar-refractivity contribution in [2.75, 3.05) is 33.4 Å². The molecule has 0 atom stereocenters. The zero-order valence-electron chi connectivity index (χ0n) is 14.7. The SMILES string of the molecule is COCC1(C(=O)NCC(C)(C)c2ccc(Cl)cc2)CCNCC1.Cl. The van der Waals surface area contributed by atoms with Gasteiger partial charge in [0.2, 0.25) is 5.91 Å². The fourth-order valence-corrected chi connectivity index (χ4v) is 3.24. The van der Waals surface area contributed by atoms with Crippen molar-refractivity contribution in [2.24, 2.45) is 5.41 Å². The molecule has 24 heavy (non-hydrogen) atoms. The van der Waals surface area contributed by atoms with E-state index in [2.05, 4.69) is 24.5 Å². The third-order valence-electron chi connectivity index (χ3n) is 4.78. The highest BCUT2D eigenvalue weighted by atomic mass is 35.5. The molecule has 136 valence electrons. The Labute approximate surface area is 156 Å². The first-order valence-corrected chi connectivity index (χ1v) is 8.51. The number of carbonyl (C=O) groups excluding carboxylic acids is 1. The van der Waals surface area contributed by atoms with Crippen LogP contribution in [0.1, 0.15) is 32.3 Å². The summed E-state index contributed by atoms with van der Waals surface area (Å²) < 4.78 is 5.33. The molecule has 6 heteroatoms. The Bertz CT molecular complexity index is 521. The highest BCUT2D eigenvalue weighted by molar-refractivity contribution is 6.30. The van der Waals surface area contributed by atoms with E-state index in [0.29, 0.717) is 13.2 Å². The number of hydrogen-bond acceptors (Lipinski definition) is 3. The monoisotopic (exact) mass is 374 g/mol. The Kier molecular flexibility index (Phi) is 8.00. The lowest BCUT2D eigenvalue weighted by molar-refractivity contribution is -0.136. The van der Waals surface area contributed by atoms with Crippen molar-refractivity contribution in [3.05, 3.63) is 34.9 Å². The van der Waals surface area contributed by atoms with Crippen molar-refractivity contribution in [1.29, 1.82) is 0 Å². The molecule has 0 unspecified atom stereocenters. The van der Waals surface area contributed by atoms with Gasteiger partial charge < -0.3 is 15.4 Å². The van der Waals surface area contributed by atoms with Crippen LogP contribution in [0, 0.1) is 5.41 Å². The van der Waals surface area contributed by atoms with E-state index in [1.807, 2.05) is 24.3 Å². The molecule has 1 amide bonds. The van der Waals surface area contributed by atoms with Crippen LogP contribution in [0.4, 0.5) is 0 Å². The highest BCUT2D eigenvalue weighted by Crippen LogP contribution is 2.30. The van der Waals surface area contributed by atoms with Gasteiger partial charge in [-0.05, 0) is 43.6 Å². The maximum absolute atomic E-state index is 12.8. The van der Waals surface area contributed by atoms with E-state index in [9.17, 15) is 4.79 Å². The Morgan fingerprint density at radius 1 is 1.29 bits per heavy atom. The molecule has 1 aromatic carbocycles. The third kappa shape index (κ3) is 5.09. The predicted molar refractivity (Wildman–Crippen MR) is 101 cm³/mol. The minimum atomic E-state index is -0.407. The molecule has 1 aliphatic heterocycles. The maximum atomic E-state index is 12.8. The van der Waals surface area contributed by atoms with Crippen LogP contribution in [0.25, 0.3) is 0 Å². The van der Waals surface area contributed by atoms with E-state index in [-0.39, 0.29) is 23.7 Å². The first kappa shape index (κ1) is 21.2. The zero-order valence-corrected chi connectivity index (χ0v) is 16.2. The molecule has 0 aromatic heterocycles. The molecule has 0 spiro atoms. The van der Waals surface area contributed by atoms with Gasteiger partial charge in [-0.15, -0.1) is 12.4 Å². The van der Waals surface area contributed by atoms with Gasteiger partial charge in [0.1, 0.15) is 0 Å². The zero-order chi connectivity index (χ0) is 16.9. The summed E-state index contributed by atoms with van der Waals surface area (Å²) in [6.45, 7) is 7.03. The lowest BCUT2D eigenvalue weighted by Crippen LogP contribution is -2.52. The Morgan fingerprint density at radius 2 is 1.88 bits per heavy atom. The number of hydrogen-bond donors (Lipinski definition) is 2. The van der Waals surface area contributed by atoms with Gasteiger partial charge >= 0.3 is 0 Å². The van der Waals surface area contributed by atoms with Crippen LogP contribution in [0.3, 0.4) is 0 Å². The molecular formula is C18H28Cl2N2O2. The second kappa shape index (κ2) is 9.04. The number of ether oxygens (including phenoxy) is 1. The molecule has 0 aliphatic carbocycles. The summed E-state index contributed by atoms with van der Waals surface area (Å²) >= 11 is 5.95. The molecular weight excluding hydrogens is 347 g/mol. The molecule has 4 nitrogen and oxygen atoms in total. The smallest absolute Gasteiger partial charge is 0.228 e. The number of methoxy groups -OCH3 is 1. The second-order valence-electron chi connectivity index (χ2n) is 7.04. The van der Waals surface area contributed by atoms with E-state index < -0.39 is 5.41 Å². The van der Waals surface area contributed by atoms with Crippen LogP contribution in [0.5, 0.6) is 0 Å². The van der Waals surface area contributed by atoms with Gasteiger partial charge in [-0.1, -0.05) is 37.6 Å². The van der Waals surface area contributed by atoms with Gasteiger partial charge in [-0.3, -0.25) is 4.79 Å². The molecule has 1 fully saturated rings. The summed E-state index contributed by atoms with van der Waals surface area (Å²) in [5, 5.41) is 7.18. The standard InChI is InChI=1S/C18H27ClN2O2.ClH/c1-17(2,14-4-6-15(19)7-5-14)12-21-16(22)18(13-23-3)8-10-20-11-9-18;/h4-7,20H,8-13H2,1-3H3,(H,21,22);1H. The molecule has 0 saturated carbocycles. The summed E-state index contributed by atoms with van der Waals surface area (Å²) in [5.41, 5.74) is 0.602. The van der Waals surface area contributed by atoms with Crippen LogP contribution in [-0.2, 0) is 14.9 Å². The fraction of sp³-hybridized carbons (Fsp3) is 0.611. The summed E-state index contributed by atoms with van der Waals surface area (Å²) in [4.78, 5) is 12.8. The van der Waals surface area contributed by atoms with Gasteiger partial charge in [0.15, 0.2) is 0 Å². The normalized spacial score (nSPS) is 17.0. The van der Waals surface area contributed by atoms with Crippen LogP contribution in [-0.4, -0.2) is 39.3 Å². The number of halogens is 2. The van der Waals surface area contributed by atoms with Gasteiger partial charge in [-0.25, -0.2) is 0 Å². The Hall–Kier alpha value is -0.810. The van der Waals surface area contributed by atoms with Gasteiger partial charge in [0, 0.05) is 24.1 Å². The number of nitrogens with one attached hydrogen (secondary N) is 2. The number of rotatable bonds is 6. The summed E-state index contributed by atoms with van der Waals surface area (Å²) in [5.74, 6) is 0.0999. The molecule has 0 radical (unpaired) electrons. The number of benzene rings is 1. The fourth-order valence-electron chi connectivity index (χ4n) is 3.11. The summed E-state index contributed by atoms with van der Waals surface area (Å²) in [6, 6.07) is 7.81. The van der Waals surface area contributed by atoms with Gasteiger partial charge in [0.05, 0.1) is 12.0 Å². The van der Waals surface area contributed by atoms with Crippen molar-refractivity contribution in [2.45, 2.75) is 32.1 Å². The van der Waals surface area contributed by atoms with Crippen LogP contribution >= 0.6 is 24.0 Å². The third-order valence-corrected chi connectivity index (χ3v) is 5.03.